The summed E-state index contributed by atoms with van der Waals surface area (Å²) < 4.78 is 0. The van der Waals surface area contributed by atoms with Crippen molar-refractivity contribution in [1.29, 1.82) is 0 Å². The monoisotopic (exact) mass is 263 g/mol. The Bertz CT molecular complexity index is 460. The predicted molar refractivity (Wildman–Crippen MR) is 76.7 cm³/mol. The number of hydrogen-bond donors (Lipinski definition) is 1. The molecule has 1 fully saturated rings. The topological polar surface area (TPSA) is 58.4 Å². The molecule has 1 aromatic carbocycles. The highest BCUT2D eigenvalue weighted by atomic mass is 16.6. The number of nitro groups is 1. The van der Waals surface area contributed by atoms with Crippen LogP contribution in [-0.2, 0) is 0 Å². The summed E-state index contributed by atoms with van der Waals surface area (Å²) in [6, 6.07) is 5.13. The highest BCUT2D eigenvalue weighted by molar-refractivity contribution is 5.59. The highest BCUT2D eigenvalue weighted by Crippen LogP contribution is 2.29. The number of rotatable bonds is 4. The van der Waals surface area contributed by atoms with Crippen molar-refractivity contribution in [2.75, 3.05) is 31.6 Å². The van der Waals surface area contributed by atoms with Crippen LogP contribution in [0.15, 0.2) is 18.2 Å². The molecular weight excluding hydrogens is 242 g/mol. The Labute approximate surface area is 113 Å². The highest BCUT2D eigenvalue weighted by Gasteiger charge is 2.22. The number of benzene rings is 1. The van der Waals surface area contributed by atoms with E-state index in [9.17, 15) is 10.1 Å². The van der Waals surface area contributed by atoms with E-state index in [1.807, 2.05) is 20.0 Å². The third-order valence-electron chi connectivity index (χ3n) is 3.76. The van der Waals surface area contributed by atoms with Gasteiger partial charge in [0.2, 0.25) is 0 Å². The van der Waals surface area contributed by atoms with Crippen molar-refractivity contribution in [3.05, 3.63) is 33.9 Å². The first-order valence-corrected chi connectivity index (χ1v) is 6.76. The number of nitro benzene ring substituents is 1. The Morgan fingerprint density at radius 3 is 3.00 bits per heavy atom. The summed E-state index contributed by atoms with van der Waals surface area (Å²) in [6.45, 7) is 4.98. The summed E-state index contributed by atoms with van der Waals surface area (Å²) in [4.78, 5) is 12.9. The molecule has 0 aliphatic carbocycles. The maximum Gasteiger partial charge on any atom is 0.271 e. The average molecular weight is 263 g/mol. The van der Waals surface area contributed by atoms with E-state index in [1.165, 1.54) is 6.42 Å². The van der Waals surface area contributed by atoms with Gasteiger partial charge in [-0.25, -0.2) is 0 Å². The van der Waals surface area contributed by atoms with Crippen molar-refractivity contribution in [2.45, 2.75) is 19.8 Å². The molecule has 2 rings (SSSR count). The summed E-state index contributed by atoms with van der Waals surface area (Å²) in [5, 5.41) is 14.1. The van der Waals surface area contributed by atoms with E-state index in [1.54, 1.807) is 12.1 Å². The van der Waals surface area contributed by atoms with Gasteiger partial charge < -0.3 is 10.2 Å². The lowest BCUT2D eigenvalue weighted by Crippen LogP contribution is -2.39. The van der Waals surface area contributed by atoms with E-state index in [2.05, 4.69) is 10.2 Å². The van der Waals surface area contributed by atoms with Crippen molar-refractivity contribution in [2.24, 2.45) is 5.92 Å². The fraction of sp³-hybridized carbons (Fsp3) is 0.571. The summed E-state index contributed by atoms with van der Waals surface area (Å²) in [7, 11) is 1.97. The largest absolute Gasteiger partial charge is 0.371 e. The third kappa shape index (κ3) is 3.23. The second-order valence-corrected chi connectivity index (χ2v) is 5.24. The van der Waals surface area contributed by atoms with Gasteiger partial charge in [-0.1, -0.05) is 6.07 Å². The van der Waals surface area contributed by atoms with Crippen LogP contribution < -0.4 is 10.2 Å². The van der Waals surface area contributed by atoms with E-state index in [4.69, 9.17) is 0 Å². The quantitative estimate of drug-likeness (QED) is 0.669. The summed E-state index contributed by atoms with van der Waals surface area (Å²) in [5.41, 5.74) is 2.29. The zero-order valence-electron chi connectivity index (χ0n) is 11.6. The Kier molecular flexibility index (Phi) is 4.37. The Balaban J connectivity index is 2.20. The SMILES string of the molecule is CNCC1CCCN(c2cc([N+](=O)[O-])ccc2C)C1. The number of nitrogens with one attached hydrogen (secondary N) is 1. The van der Waals surface area contributed by atoms with Crippen LogP contribution in [0.5, 0.6) is 0 Å². The lowest BCUT2D eigenvalue weighted by atomic mass is 9.97. The zero-order valence-corrected chi connectivity index (χ0v) is 11.6. The number of anilines is 1. The third-order valence-corrected chi connectivity index (χ3v) is 3.76. The number of piperidine rings is 1. The van der Waals surface area contributed by atoms with Crippen molar-refractivity contribution >= 4 is 11.4 Å². The Morgan fingerprint density at radius 2 is 2.32 bits per heavy atom. The molecule has 0 bridgehead atoms. The smallest absolute Gasteiger partial charge is 0.271 e. The van der Waals surface area contributed by atoms with Gasteiger partial charge in [-0.05, 0) is 44.8 Å². The normalized spacial score (nSPS) is 19.5. The molecule has 0 aromatic heterocycles. The average Bonchev–Trinajstić information content (AvgIpc) is 2.39. The molecule has 1 atom stereocenters. The van der Waals surface area contributed by atoms with E-state index in [-0.39, 0.29) is 10.6 Å². The first-order valence-electron chi connectivity index (χ1n) is 6.76. The fourth-order valence-electron chi connectivity index (χ4n) is 2.79. The maximum absolute atomic E-state index is 10.9. The molecule has 1 unspecified atom stereocenters. The van der Waals surface area contributed by atoms with Gasteiger partial charge in [0.15, 0.2) is 0 Å². The number of nitrogens with zero attached hydrogens (tertiary/aromatic N) is 2. The lowest BCUT2D eigenvalue weighted by Gasteiger charge is -2.35. The molecule has 1 aromatic rings. The van der Waals surface area contributed by atoms with Gasteiger partial charge in [-0.15, -0.1) is 0 Å². The van der Waals surface area contributed by atoms with Gasteiger partial charge in [-0.3, -0.25) is 10.1 Å². The van der Waals surface area contributed by atoms with Crippen LogP contribution in [0.4, 0.5) is 11.4 Å². The van der Waals surface area contributed by atoms with Crippen molar-refractivity contribution < 1.29 is 4.92 Å². The summed E-state index contributed by atoms with van der Waals surface area (Å²) >= 11 is 0. The molecule has 1 aliphatic rings. The van der Waals surface area contributed by atoms with Crippen molar-refractivity contribution in [3.8, 4) is 0 Å². The van der Waals surface area contributed by atoms with E-state index < -0.39 is 0 Å². The van der Waals surface area contributed by atoms with Crippen LogP contribution in [0.25, 0.3) is 0 Å². The van der Waals surface area contributed by atoms with Gasteiger partial charge >= 0.3 is 0 Å². The van der Waals surface area contributed by atoms with Gasteiger partial charge in [-0.2, -0.15) is 0 Å². The minimum Gasteiger partial charge on any atom is -0.371 e. The molecule has 1 aliphatic heterocycles. The van der Waals surface area contributed by atoms with Crippen LogP contribution in [-0.4, -0.2) is 31.6 Å². The number of hydrogen-bond acceptors (Lipinski definition) is 4. The molecule has 1 heterocycles. The van der Waals surface area contributed by atoms with Gasteiger partial charge in [0.05, 0.1) is 4.92 Å². The van der Waals surface area contributed by atoms with Crippen LogP contribution in [0.3, 0.4) is 0 Å². The molecule has 1 saturated heterocycles. The van der Waals surface area contributed by atoms with Crippen LogP contribution in [0.2, 0.25) is 0 Å². The summed E-state index contributed by atoms with van der Waals surface area (Å²) in [5.74, 6) is 0.623. The Hall–Kier alpha value is -1.62. The molecule has 0 radical (unpaired) electrons. The minimum atomic E-state index is -0.321. The molecule has 0 saturated carbocycles. The van der Waals surface area contributed by atoms with E-state index >= 15 is 0 Å². The molecule has 5 nitrogen and oxygen atoms in total. The van der Waals surface area contributed by atoms with Crippen LogP contribution in [0.1, 0.15) is 18.4 Å². The van der Waals surface area contributed by atoms with Crippen molar-refractivity contribution in [1.82, 2.24) is 5.32 Å². The summed E-state index contributed by atoms with van der Waals surface area (Å²) in [6.07, 6.45) is 2.37. The van der Waals surface area contributed by atoms with Crippen LogP contribution >= 0.6 is 0 Å². The standard InChI is InChI=1S/C14H21N3O2/c1-11-5-6-13(17(18)19)8-14(11)16-7-3-4-12(10-16)9-15-2/h5-6,8,12,15H,3-4,7,9-10H2,1-2H3. The van der Waals surface area contributed by atoms with Gasteiger partial charge in [0, 0.05) is 30.9 Å². The van der Waals surface area contributed by atoms with Crippen LogP contribution in [0, 0.1) is 23.0 Å². The molecule has 19 heavy (non-hydrogen) atoms. The fourth-order valence-corrected chi connectivity index (χ4v) is 2.79. The molecular formula is C14H21N3O2. The van der Waals surface area contributed by atoms with E-state index in [0.717, 1.165) is 37.3 Å². The molecule has 104 valence electrons. The zero-order chi connectivity index (χ0) is 13.8. The van der Waals surface area contributed by atoms with Gasteiger partial charge in [0.1, 0.15) is 0 Å². The van der Waals surface area contributed by atoms with Crippen molar-refractivity contribution in [3.63, 3.8) is 0 Å². The first kappa shape index (κ1) is 13.8. The second-order valence-electron chi connectivity index (χ2n) is 5.24. The predicted octanol–water partition coefficient (Wildman–Crippen LogP) is 2.34. The number of aryl methyl sites for hydroxylation is 1. The minimum absolute atomic E-state index is 0.177. The van der Waals surface area contributed by atoms with E-state index in [0.29, 0.717) is 5.92 Å². The second kappa shape index (κ2) is 6.02. The number of non-ortho nitro benzene ring substituents is 1. The lowest BCUT2D eigenvalue weighted by molar-refractivity contribution is -0.384. The molecule has 0 spiro atoms. The molecule has 0 amide bonds. The maximum atomic E-state index is 10.9. The first-order chi connectivity index (χ1) is 9.11. The molecule has 1 N–H and O–H groups in total. The molecule has 5 heteroatoms. The van der Waals surface area contributed by atoms with Gasteiger partial charge in [0.25, 0.3) is 5.69 Å². The Morgan fingerprint density at radius 1 is 1.53 bits per heavy atom.